The van der Waals surface area contributed by atoms with Crippen molar-refractivity contribution in [2.45, 2.75) is 58.2 Å². The number of nitrogens with zero attached hydrogens (tertiary/aromatic N) is 5. The van der Waals surface area contributed by atoms with Gasteiger partial charge in [0.1, 0.15) is 16.9 Å². The van der Waals surface area contributed by atoms with Crippen molar-refractivity contribution in [2.24, 2.45) is 0 Å². The van der Waals surface area contributed by atoms with Crippen molar-refractivity contribution in [1.29, 1.82) is 0 Å². The maximum Gasteiger partial charge on any atom is 0.262 e. The number of sulfone groups is 1. The first-order chi connectivity index (χ1) is 21.3. The summed E-state index contributed by atoms with van der Waals surface area (Å²) in [5.74, 6) is 0.532. The molecule has 1 aliphatic heterocycles. The second-order valence-corrected chi connectivity index (χ2v) is 15.7. The third-order valence-electron chi connectivity index (χ3n) is 8.20. The highest BCUT2D eigenvalue weighted by molar-refractivity contribution is 7.90. The summed E-state index contributed by atoms with van der Waals surface area (Å²) in [5, 5.41) is 6.00. The fourth-order valence-corrected chi connectivity index (χ4v) is 8.15. The van der Waals surface area contributed by atoms with Gasteiger partial charge in [-0.1, -0.05) is 72.9 Å². The Morgan fingerprint density at radius 3 is 2.16 bits per heavy atom. The van der Waals surface area contributed by atoms with Gasteiger partial charge in [0.2, 0.25) is 0 Å². The third kappa shape index (κ3) is 8.10. The highest BCUT2D eigenvalue weighted by Gasteiger charge is 2.23. The van der Waals surface area contributed by atoms with Gasteiger partial charge in [0.05, 0.1) is 27.2 Å². The molecule has 3 heterocycles. The molecule has 0 atom stereocenters. The lowest BCUT2D eigenvalue weighted by molar-refractivity contribution is 0.109. The predicted octanol–water partition coefficient (Wildman–Crippen LogP) is 6.11. The SMILES string of the molecule is CC(C)c1nn(-c2c(Cl)cc(Cl)cc2Cl)c2nc(Cc3ccc(CS(=O)(=O)CCCN4CCN(C(C)C)CC4)cc3)[nH]c(=O)c12. The maximum atomic E-state index is 13.3. The minimum absolute atomic E-state index is 0.00474. The Hall–Kier alpha value is -2.47. The standard InChI is InChI=1S/C32H39Cl3N6O3S/c1-20(2)29-28-31(41(38-29)30-25(34)17-24(33)18-26(30)35)36-27(37-32(28)42)16-22-6-8-23(9-7-22)19-45(43,44)15-5-10-39-11-13-40(14-12-39)21(3)4/h6-9,17-18,20-21H,5,10-16,19H2,1-4H3,(H,36,37,42). The Balaban J connectivity index is 1.28. The first-order valence-electron chi connectivity index (χ1n) is 15.2. The van der Waals surface area contributed by atoms with Crippen molar-refractivity contribution in [2.75, 3.05) is 38.5 Å². The molecule has 0 saturated carbocycles. The number of rotatable bonds is 11. The number of aromatic amines is 1. The van der Waals surface area contributed by atoms with E-state index in [9.17, 15) is 13.2 Å². The number of piperazine rings is 1. The van der Waals surface area contributed by atoms with Gasteiger partial charge in [-0.15, -0.1) is 0 Å². The number of hydrogen-bond acceptors (Lipinski definition) is 7. The maximum absolute atomic E-state index is 13.3. The van der Waals surface area contributed by atoms with E-state index in [1.807, 2.05) is 38.1 Å². The molecule has 1 N–H and O–H groups in total. The Morgan fingerprint density at radius 1 is 0.933 bits per heavy atom. The Morgan fingerprint density at radius 2 is 1.56 bits per heavy atom. The van der Waals surface area contributed by atoms with E-state index in [2.05, 4.69) is 33.7 Å². The molecule has 45 heavy (non-hydrogen) atoms. The largest absolute Gasteiger partial charge is 0.310 e. The smallest absolute Gasteiger partial charge is 0.262 e. The van der Waals surface area contributed by atoms with Gasteiger partial charge in [-0.05, 0) is 56.0 Å². The number of hydrogen-bond donors (Lipinski definition) is 1. The van der Waals surface area contributed by atoms with Crippen LogP contribution in [0.1, 0.15) is 62.7 Å². The van der Waals surface area contributed by atoms with Crippen molar-refractivity contribution in [3.05, 3.63) is 84.5 Å². The molecule has 2 aromatic heterocycles. The second-order valence-electron chi connectivity index (χ2n) is 12.3. The van der Waals surface area contributed by atoms with E-state index in [-0.39, 0.29) is 33.0 Å². The molecule has 0 aliphatic carbocycles. The summed E-state index contributed by atoms with van der Waals surface area (Å²) in [7, 11) is -3.24. The molecule has 2 aromatic carbocycles. The molecule has 0 bridgehead atoms. The average molecular weight is 694 g/mol. The highest BCUT2D eigenvalue weighted by atomic mass is 35.5. The predicted molar refractivity (Wildman–Crippen MR) is 183 cm³/mol. The van der Waals surface area contributed by atoms with Crippen molar-refractivity contribution >= 4 is 55.7 Å². The lowest BCUT2D eigenvalue weighted by Crippen LogP contribution is -2.49. The topological polar surface area (TPSA) is 104 Å². The van der Waals surface area contributed by atoms with E-state index in [4.69, 9.17) is 39.8 Å². The number of aromatic nitrogens is 4. The van der Waals surface area contributed by atoms with Crippen LogP contribution in [0.4, 0.5) is 0 Å². The summed E-state index contributed by atoms with van der Waals surface area (Å²) in [6.07, 6.45) is 0.956. The van der Waals surface area contributed by atoms with E-state index in [0.717, 1.165) is 43.9 Å². The molecule has 13 heteroatoms. The molecule has 0 amide bonds. The Labute approximate surface area is 279 Å². The van der Waals surface area contributed by atoms with Crippen LogP contribution in [0, 0.1) is 0 Å². The van der Waals surface area contributed by atoms with Gasteiger partial charge in [-0.25, -0.2) is 18.1 Å². The lowest BCUT2D eigenvalue weighted by atomic mass is 10.1. The van der Waals surface area contributed by atoms with Crippen molar-refractivity contribution < 1.29 is 8.42 Å². The zero-order chi connectivity index (χ0) is 32.5. The summed E-state index contributed by atoms with van der Waals surface area (Å²) in [6, 6.07) is 11.1. The first kappa shape index (κ1) is 33.9. The third-order valence-corrected chi connectivity index (χ3v) is 10.7. The molecular formula is C32H39Cl3N6O3S. The second kappa shape index (κ2) is 14.1. The molecule has 242 valence electrons. The van der Waals surface area contributed by atoms with Crippen molar-refractivity contribution in [1.82, 2.24) is 29.5 Å². The van der Waals surface area contributed by atoms with Gasteiger partial charge in [0.25, 0.3) is 5.56 Å². The quantitative estimate of drug-likeness (QED) is 0.202. The molecule has 4 aromatic rings. The van der Waals surface area contributed by atoms with Gasteiger partial charge in [-0.3, -0.25) is 9.69 Å². The van der Waals surface area contributed by atoms with Crippen LogP contribution in [0.15, 0.2) is 41.2 Å². The lowest BCUT2D eigenvalue weighted by Gasteiger charge is -2.36. The molecule has 0 radical (unpaired) electrons. The van der Waals surface area contributed by atoms with Crippen LogP contribution >= 0.6 is 34.8 Å². The summed E-state index contributed by atoms with van der Waals surface area (Å²) >= 11 is 19.2. The minimum Gasteiger partial charge on any atom is -0.310 e. The van der Waals surface area contributed by atoms with Gasteiger partial charge in [0, 0.05) is 43.7 Å². The zero-order valence-electron chi connectivity index (χ0n) is 26.0. The van der Waals surface area contributed by atoms with Crippen LogP contribution in [0.2, 0.25) is 15.1 Å². The number of nitrogens with one attached hydrogen (secondary N) is 1. The van der Waals surface area contributed by atoms with Crippen LogP contribution in [0.3, 0.4) is 0 Å². The molecule has 5 rings (SSSR count). The normalized spacial score (nSPS) is 15.1. The van der Waals surface area contributed by atoms with Gasteiger partial charge in [-0.2, -0.15) is 5.10 Å². The van der Waals surface area contributed by atoms with Gasteiger partial charge < -0.3 is 9.88 Å². The number of H-pyrrole nitrogens is 1. The fraction of sp³-hybridized carbons (Fsp3) is 0.469. The molecule has 1 aliphatic rings. The van der Waals surface area contributed by atoms with Crippen LogP contribution < -0.4 is 5.56 Å². The summed E-state index contributed by atoms with van der Waals surface area (Å²) in [5.41, 5.74) is 2.60. The molecule has 0 spiro atoms. The Bertz CT molecular complexity index is 1810. The first-order valence-corrected chi connectivity index (χ1v) is 18.2. The number of benzene rings is 2. The summed E-state index contributed by atoms with van der Waals surface area (Å²) < 4.78 is 27.3. The molecule has 0 unspecified atom stereocenters. The van der Waals surface area contributed by atoms with E-state index in [1.54, 1.807) is 12.1 Å². The minimum atomic E-state index is -3.24. The Kier molecular flexibility index (Phi) is 10.6. The van der Waals surface area contributed by atoms with E-state index >= 15 is 0 Å². The van der Waals surface area contributed by atoms with Crippen LogP contribution in [-0.2, 0) is 22.0 Å². The highest BCUT2D eigenvalue weighted by Crippen LogP contribution is 2.34. The molecule has 1 saturated heterocycles. The summed E-state index contributed by atoms with van der Waals surface area (Å²) in [6.45, 7) is 13.1. The van der Waals surface area contributed by atoms with Gasteiger partial charge in [0.15, 0.2) is 15.5 Å². The average Bonchev–Trinajstić information content (AvgIpc) is 3.33. The monoisotopic (exact) mass is 692 g/mol. The van der Waals surface area contributed by atoms with E-state index in [1.165, 1.54) is 4.68 Å². The van der Waals surface area contributed by atoms with E-state index < -0.39 is 9.84 Å². The van der Waals surface area contributed by atoms with Gasteiger partial charge >= 0.3 is 0 Å². The summed E-state index contributed by atoms with van der Waals surface area (Å²) in [4.78, 5) is 25.8. The molecular weight excluding hydrogens is 655 g/mol. The van der Waals surface area contributed by atoms with Crippen molar-refractivity contribution in [3.63, 3.8) is 0 Å². The fourth-order valence-electron chi connectivity index (χ4n) is 5.76. The van der Waals surface area contributed by atoms with Crippen LogP contribution in [-0.4, -0.2) is 82.5 Å². The molecule has 9 nitrogen and oxygen atoms in total. The number of halogens is 3. The zero-order valence-corrected chi connectivity index (χ0v) is 29.1. The molecule has 1 fully saturated rings. The van der Waals surface area contributed by atoms with E-state index in [0.29, 0.717) is 52.1 Å². The van der Waals surface area contributed by atoms with Crippen LogP contribution in [0.25, 0.3) is 16.7 Å². The number of fused-ring (bicyclic) bond motifs is 1. The van der Waals surface area contributed by atoms with Crippen LogP contribution in [0.5, 0.6) is 0 Å². The van der Waals surface area contributed by atoms with Crippen molar-refractivity contribution in [3.8, 4) is 5.69 Å².